The molecule has 0 saturated carbocycles. The van der Waals surface area contributed by atoms with Gasteiger partial charge >= 0.3 is 16.9 Å². The van der Waals surface area contributed by atoms with Crippen molar-refractivity contribution in [2.24, 2.45) is 5.92 Å². The third-order valence-corrected chi connectivity index (χ3v) is 7.79. The van der Waals surface area contributed by atoms with Crippen molar-refractivity contribution in [2.75, 3.05) is 0 Å². The quantitative estimate of drug-likeness (QED) is 0.237. The van der Waals surface area contributed by atoms with Crippen LogP contribution in [0.15, 0.2) is 83.5 Å². The Morgan fingerprint density at radius 3 is 1.86 bits per heavy atom. The molecule has 35 heavy (non-hydrogen) atoms. The van der Waals surface area contributed by atoms with Crippen LogP contribution in [0, 0.1) is 5.92 Å². The number of hydrogen-bond acceptors (Lipinski definition) is 3. The molecular weight excluding hydrogens is 454 g/mol. The van der Waals surface area contributed by atoms with Gasteiger partial charge in [-0.2, -0.15) is 0 Å². The molecule has 182 valence electrons. The van der Waals surface area contributed by atoms with Crippen molar-refractivity contribution in [1.29, 1.82) is 0 Å². The van der Waals surface area contributed by atoms with Crippen LogP contribution in [0.1, 0.15) is 39.7 Å². The fourth-order valence-electron chi connectivity index (χ4n) is 5.14. The van der Waals surface area contributed by atoms with Crippen LogP contribution in [-0.2, 0) is 13.1 Å². The van der Waals surface area contributed by atoms with E-state index in [1.54, 1.807) is 9.13 Å². The molecule has 0 aliphatic heterocycles. The van der Waals surface area contributed by atoms with Gasteiger partial charge in [0.25, 0.3) is 0 Å². The van der Waals surface area contributed by atoms with Crippen LogP contribution < -0.4 is 14.0 Å². The average Bonchev–Trinajstić information content (AvgIpc) is 2.86. The number of benzene rings is 2. The smallest absolute Gasteiger partial charge is 0.459 e. The van der Waals surface area contributed by atoms with E-state index >= 15 is 0 Å². The summed E-state index contributed by atoms with van der Waals surface area (Å²) >= 11 is 4.52. The van der Waals surface area contributed by atoms with E-state index in [1.807, 2.05) is 19.9 Å². The second-order valence-corrected chi connectivity index (χ2v) is 9.80. The summed E-state index contributed by atoms with van der Waals surface area (Å²) in [6.45, 7) is 9.59. The SMILES string of the molecule is CC[n+]1c(O)c(/C=C2\C=CC(C)([NH+](c3ccccc3)c3ccccc3)C(C)C2)c(O)[n+](CC)c1S. The van der Waals surface area contributed by atoms with Crippen LogP contribution in [0.4, 0.5) is 11.4 Å². The molecule has 1 heterocycles. The second kappa shape index (κ2) is 10.3. The molecule has 3 N–H and O–H groups in total. The topological polar surface area (TPSA) is 52.7 Å². The van der Waals surface area contributed by atoms with Crippen molar-refractivity contribution in [3.8, 4) is 11.8 Å². The molecule has 0 fully saturated rings. The minimum atomic E-state index is -0.189. The molecule has 4 rings (SSSR count). The summed E-state index contributed by atoms with van der Waals surface area (Å²) in [4.78, 5) is 1.30. The summed E-state index contributed by atoms with van der Waals surface area (Å²) in [6.07, 6.45) is 7.15. The maximum Gasteiger partial charge on any atom is 0.484 e. The molecule has 5 nitrogen and oxygen atoms in total. The Labute approximate surface area is 213 Å². The lowest BCUT2D eigenvalue weighted by atomic mass is 9.75. The van der Waals surface area contributed by atoms with Crippen molar-refractivity contribution in [1.82, 2.24) is 0 Å². The van der Waals surface area contributed by atoms with Gasteiger partial charge in [-0.05, 0) is 69.2 Å². The van der Waals surface area contributed by atoms with Crippen molar-refractivity contribution in [3.63, 3.8) is 0 Å². The molecule has 1 aliphatic carbocycles. The Bertz CT molecular complexity index is 1190. The number of quaternary nitrogens is 1. The molecule has 0 radical (unpaired) electrons. The maximum atomic E-state index is 10.9. The maximum absolute atomic E-state index is 10.9. The van der Waals surface area contributed by atoms with Gasteiger partial charge in [0.1, 0.15) is 16.9 Å². The van der Waals surface area contributed by atoms with Gasteiger partial charge < -0.3 is 10.2 Å². The standard InChI is InChI=1S/C29H33N3O2S/c1-5-30-26(33)25(27(34)31(6-2)28(30)35)20-22-17-18-29(4,21(3)19-22)32(23-13-9-7-10-14-23)24-15-11-8-12-16-24/h7-18,20-21H,5-6,19H2,1-4H3,(H,33,34)/p+3/b22-20+. The van der Waals surface area contributed by atoms with Gasteiger partial charge in [-0.25, -0.2) is 0 Å². The van der Waals surface area contributed by atoms with E-state index in [9.17, 15) is 10.2 Å². The van der Waals surface area contributed by atoms with Gasteiger partial charge in [0.2, 0.25) is 0 Å². The van der Waals surface area contributed by atoms with Crippen LogP contribution in [0.25, 0.3) is 6.08 Å². The highest BCUT2D eigenvalue weighted by atomic mass is 32.1. The summed E-state index contributed by atoms with van der Waals surface area (Å²) in [5.41, 5.74) is 3.75. The molecule has 6 heteroatoms. The first-order valence-electron chi connectivity index (χ1n) is 12.3. The highest BCUT2D eigenvalue weighted by Crippen LogP contribution is 2.34. The minimum Gasteiger partial charge on any atom is -0.459 e. The normalized spacial score (nSPS) is 21.1. The fraction of sp³-hybridized carbons (Fsp3) is 0.310. The Morgan fingerprint density at radius 2 is 1.43 bits per heavy atom. The molecule has 0 bridgehead atoms. The van der Waals surface area contributed by atoms with Gasteiger partial charge in [0.15, 0.2) is 18.7 Å². The van der Waals surface area contributed by atoms with Crippen molar-refractivity contribution in [3.05, 3.63) is 84.0 Å². The Hall–Kier alpha value is -3.09. The van der Waals surface area contributed by atoms with Crippen LogP contribution in [0.5, 0.6) is 11.8 Å². The van der Waals surface area contributed by atoms with E-state index in [0.717, 1.165) is 12.0 Å². The Morgan fingerprint density at radius 1 is 0.943 bits per heavy atom. The van der Waals surface area contributed by atoms with Gasteiger partial charge in [-0.1, -0.05) is 58.5 Å². The molecule has 3 aromatic rings. The predicted octanol–water partition coefficient (Wildman–Crippen LogP) is 4.29. The van der Waals surface area contributed by atoms with E-state index in [4.69, 9.17) is 0 Å². The van der Waals surface area contributed by atoms with E-state index < -0.39 is 0 Å². The fourth-order valence-corrected chi connectivity index (χ4v) is 5.61. The number of para-hydroxylation sites is 2. The van der Waals surface area contributed by atoms with E-state index in [-0.39, 0.29) is 17.3 Å². The van der Waals surface area contributed by atoms with Crippen LogP contribution in [-0.4, -0.2) is 15.8 Å². The first kappa shape index (κ1) is 25.0. The molecule has 2 atom stereocenters. The van der Waals surface area contributed by atoms with E-state index in [1.165, 1.54) is 16.3 Å². The molecule has 0 saturated heterocycles. The number of nitrogens with one attached hydrogen (secondary N) is 1. The number of allylic oxidation sites excluding steroid dienone is 2. The monoisotopic (exact) mass is 490 g/mol. The van der Waals surface area contributed by atoms with E-state index in [0.29, 0.717) is 29.7 Å². The highest BCUT2D eigenvalue weighted by Gasteiger charge is 2.44. The number of hydrogen-bond donors (Lipinski definition) is 4. The summed E-state index contributed by atoms with van der Waals surface area (Å²) < 4.78 is 3.41. The summed E-state index contributed by atoms with van der Waals surface area (Å²) in [5.74, 6) is 0.351. The van der Waals surface area contributed by atoms with Crippen molar-refractivity contribution < 1.29 is 24.2 Å². The summed E-state index contributed by atoms with van der Waals surface area (Å²) in [6, 6.07) is 21.2. The largest absolute Gasteiger partial charge is 0.484 e. The third kappa shape index (κ3) is 4.60. The minimum absolute atomic E-state index is 0.0300. The third-order valence-electron chi connectivity index (χ3n) is 7.31. The summed E-state index contributed by atoms with van der Waals surface area (Å²) in [7, 11) is 0. The average molecular weight is 491 g/mol. The van der Waals surface area contributed by atoms with Gasteiger partial charge in [0.05, 0.1) is 0 Å². The van der Waals surface area contributed by atoms with Crippen LogP contribution in [0.3, 0.4) is 0 Å². The van der Waals surface area contributed by atoms with Gasteiger partial charge in [-0.15, -0.1) is 0 Å². The van der Waals surface area contributed by atoms with E-state index in [2.05, 4.69) is 99.3 Å². The van der Waals surface area contributed by atoms with Crippen molar-refractivity contribution >= 4 is 30.1 Å². The lowest BCUT2D eigenvalue weighted by Crippen LogP contribution is -3.12. The zero-order chi connectivity index (χ0) is 25.2. The zero-order valence-corrected chi connectivity index (χ0v) is 21.8. The first-order chi connectivity index (χ1) is 16.8. The zero-order valence-electron chi connectivity index (χ0n) is 20.9. The molecule has 2 aromatic carbocycles. The number of nitrogens with zero attached hydrogens (tertiary/aromatic N) is 2. The predicted molar refractivity (Wildman–Crippen MR) is 141 cm³/mol. The molecule has 1 aromatic heterocycles. The molecule has 1 aliphatic rings. The number of rotatable bonds is 6. The lowest BCUT2D eigenvalue weighted by molar-refractivity contribution is -0.885. The summed E-state index contributed by atoms with van der Waals surface area (Å²) in [5, 5.41) is 22.4. The molecular formula is C29H36N3O2S+3. The molecule has 0 amide bonds. The number of aromatic nitrogens is 2. The number of aromatic hydroxyl groups is 2. The Kier molecular flexibility index (Phi) is 7.33. The van der Waals surface area contributed by atoms with Crippen LogP contribution in [0.2, 0.25) is 0 Å². The Balaban J connectivity index is 1.79. The van der Waals surface area contributed by atoms with Gasteiger partial charge in [-0.3, -0.25) is 4.90 Å². The molecule has 0 spiro atoms. The first-order valence-corrected chi connectivity index (χ1v) is 12.7. The highest BCUT2D eigenvalue weighted by molar-refractivity contribution is 7.79. The number of thiol groups is 1. The second-order valence-electron chi connectivity index (χ2n) is 9.40. The lowest BCUT2D eigenvalue weighted by Gasteiger charge is -2.42. The van der Waals surface area contributed by atoms with Crippen LogP contribution >= 0.6 is 12.6 Å². The molecule has 2 unspecified atom stereocenters. The van der Waals surface area contributed by atoms with Crippen molar-refractivity contribution in [2.45, 2.75) is 57.9 Å². The van der Waals surface area contributed by atoms with Gasteiger partial charge in [0, 0.05) is 18.5 Å².